The molecule has 0 unspecified atom stereocenters. The lowest BCUT2D eigenvalue weighted by Crippen LogP contribution is -2.25. The van der Waals surface area contributed by atoms with Crippen LogP contribution in [0.25, 0.3) is 22.9 Å². The quantitative estimate of drug-likeness (QED) is 0.605. The summed E-state index contributed by atoms with van der Waals surface area (Å²) in [5, 5.41) is 2.57. The summed E-state index contributed by atoms with van der Waals surface area (Å²) in [6.45, 7) is 0. The molecule has 0 aliphatic carbocycles. The second-order valence-corrected chi connectivity index (χ2v) is 4.74. The molecule has 2 aromatic carbocycles. The van der Waals surface area contributed by atoms with Crippen molar-refractivity contribution in [2.24, 2.45) is 7.05 Å². The molecule has 0 aliphatic rings. The van der Waals surface area contributed by atoms with Crippen LogP contribution in [0.3, 0.4) is 0 Å². The van der Waals surface area contributed by atoms with Gasteiger partial charge in [0.2, 0.25) is 0 Å². The minimum absolute atomic E-state index is 1.21. The Hall–Kier alpha value is -2.41. The molecule has 1 nitrogen and oxygen atoms in total. The average molecular weight is 246 g/mol. The number of hydrogen-bond donors (Lipinski definition) is 0. The molecule has 1 heterocycles. The third kappa shape index (κ3) is 2.71. The highest BCUT2D eigenvalue weighted by molar-refractivity contribution is 5.85. The van der Waals surface area contributed by atoms with Gasteiger partial charge in [0.1, 0.15) is 7.05 Å². The number of nitrogens with zero attached hydrogens (tertiary/aromatic N) is 1. The summed E-state index contributed by atoms with van der Waals surface area (Å²) < 4.78 is 2.04. The highest BCUT2D eigenvalue weighted by Gasteiger charge is 1.94. The fourth-order valence-electron chi connectivity index (χ4n) is 2.13. The van der Waals surface area contributed by atoms with Crippen LogP contribution in [0, 0.1) is 0 Å². The maximum atomic E-state index is 2.22. The zero-order chi connectivity index (χ0) is 13.1. The van der Waals surface area contributed by atoms with Crippen molar-refractivity contribution in [3.05, 3.63) is 78.1 Å². The van der Waals surface area contributed by atoms with Crippen molar-refractivity contribution >= 4 is 22.9 Å². The van der Waals surface area contributed by atoms with Gasteiger partial charge in [-0.05, 0) is 28.0 Å². The van der Waals surface area contributed by atoms with E-state index in [0.29, 0.717) is 0 Å². The highest BCUT2D eigenvalue weighted by Crippen LogP contribution is 2.17. The molecule has 1 aromatic heterocycles. The van der Waals surface area contributed by atoms with Gasteiger partial charge in [0.25, 0.3) is 0 Å². The third-order valence-electron chi connectivity index (χ3n) is 3.25. The van der Waals surface area contributed by atoms with E-state index in [2.05, 4.69) is 79.1 Å². The lowest BCUT2D eigenvalue weighted by atomic mass is 10.1. The number of benzene rings is 2. The number of aryl methyl sites for hydroxylation is 1. The topological polar surface area (TPSA) is 3.88 Å². The molecular formula is C18H16N+. The summed E-state index contributed by atoms with van der Waals surface area (Å²) in [5.74, 6) is 0. The monoisotopic (exact) mass is 246 g/mol. The van der Waals surface area contributed by atoms with Crippen molar-refractivity contribution in [2.45, 2.75) is 0 Å². The van der Waals surface area contributed by atoms with E-state index in [1.54, 1.807) is 0 Å². The first-order chi connectivity index (χ1) is 9.31. The van der Waals surface area contributed by atoms with Crippen LogP contribution in [0.1, 0.15) is 11.1 Å². The highest BCUT2D eigenvalue weighted by atomic mass is 14.9. The molecule has 92 valence electrons. The molecule has 0 aliphatic heterocycles. The van der Waals surface area contributed by atoms with Crippen LogP contribution in [0.2, 0.25) is 0 Å². The van der Waals surface area contributed by atoms with Gasteiger partial charge in [-0.2, -0.15) is 0 Å². The standard InChI is InChI=1S/C18H16N/c1-19-12-10-15(11-13-19)6-7-16-8-9-17-4-2-3-5-18(17)14-16/h2-14H,1H3/q+1. The molecule has 0 spiro atoms. The largest absolute Gasteiger partial charge is 0.208 e. The van der Waals surface area contributed by atoms with Crippen LogP contribution in [0.15, 0.2) is 67.0 Å². The van der Waals surface area contributed by atoms with Gasteiger partial charge in [-0.15, -0.1) is 0 Å². The molecular weight excluding hydrogens is 230 g/mol. The SMILES string of the molecule is C[n+]1ccc(C=Cc2ccc3ccccc3c2)cc1. The van der Waals surface area contributed by atoms with Gasteiger partial charge >= 0.3 is 0 Å². The predicted molar refractivity (Wildman–Crippen MR) is 80.5 cm³/mol. The Balaban J connectivity index is 1.90. The summed E-state index contributed by atoms with van der Waals surface area (Å²) in [5.41, 5.74) is 2.44. The van der Waals surface area contributed by atoms with Gasteiger partial charge in [0, 0.05) is 12.1 Å². The molecule has 0 fully saturated rings. The second kappa shape index (κ2) is 5.07. The van der Waals surface area contributed by atoms with Crippen molar-refractivity contribution in [3.63, 3.8) is 0 Å². The van der Waals surface area contributed by atoms with Crippen LogP contribution >= 0.6 is 0 Å². The zero-order valence-corrected chi connectivity index (χ0v) is 11.0. The molecule has 0 radical (unpaired) electrons. The van der Waals surface area contributed by atoms with Crippen molar-refractivity contribution < 1.29 is 4.57 Å². The molecule has 3 aromatic rings. The summed E-state index contributed by atoms with van der Waals surface area (Å²) in [6.07, 6.45) is 8.41. The summed E-state index contributed by atoms with van der Waals surface area (Å²) in [4.78, 5) is 0. The Morgan fingerprint density at radius 1 is 0.737 bits per heavy atom. The lowest BCUT2D eigenvalue weighted by molar-refractivity contribution is -0.671. The Kier molecular flexibility index (Phi) is 3.11. The molecule has 0 amide bonds. The van der Waals surface area contributed by atoms with E-state index < -0.39 is 0 Å². The lowest BCUT2D eigenvalue weighted by Gasteiger charge is -1.99. The normalized spacial score (nSPS) is 11.2. The van der Waals surface area contributed by atoms with E-state index in [1.807, 2.05) is 11.6 Å². The maximum Gasteiger partial charge on any atom is 0.169 e. The first-order valence-corrected chi connectivity index (χ1v) is 6.43. The van der Waals surface area contributed by atoms with Crippen LogP contribution in [-0.4, -0.2) is 0 Å². The van der Waals surface area contributed by atoms with Crippen molar-refractivity contribution in [3.8, 4) is 0 Å². The summed E-state index contributed by atoms with van der Waals surface area (Å²) >= 11 is 0. The third-order valence-corrected chi connectivity index (χ3v) is 3.25. The minimum Gasteiger partial charge on any atom is -0.208 e. The zero-order valence-electron chi connectivity index (χ0n) is 11.0. The molecule has 0 bridgehead atoms. The molecule has 3 rings (SSSR count). The van der Waals surface area contributed by atoms with E-state index in [9.17, 15) is 0 Å². The van der Waals surface area contributed by atoms with Crippen molar-refractivity contribution in [1.82, 2.24) is 0 Å². The Morgan fingerprint density at radius 3 is 2.21 bits per heavy atom. The Bertz CT molecular complexity index is 724. The van der Waals surface area contributed by atoms with Crippen molar-refractivity contribution in [1.29, 1.82) is 0 Å². The van der Waals surface area contributed by atoms with Gasteiger partial charge < -0.3 is 0 Å². The van der Waals surface area contributed by atoms with Gasteiger partial charge in [0.15, 0.2) is 12.4 Å². The average Bonchev–Trinajstić information content (AvgIpc) is 2.46. The van der Waals surface area contributed by atoms with E-state index in [1.165, 1.54) is 21.9 Å². The van der Waals surface area contributed by atoms with Crippen molar-refractivity contribution in [2.75, 3.05) is 0 Å². The molecule has 0 saturated heterocycles. The fraction of sp³-hybridized carbons (Fsp3) is 0.0556. The van der Waals surface area contributed by atoms with E-state index in [0.717, 1.165) is 0 Å². The Morgan fingerprint density at radius 2 is 1.42 bits per heavy atom. The minimum atomic E-state index is 1.21. The number of fused-ring (bicyclic) bond motifs is 1. The van der Waals surface area contributed by atoms with Crippen LogP contribution < -0.4 is 4.57 Å². The molecule has 19 heavy (non-hydrogen) atoms. The smallest absolute Gasteiger partial charge is 0.169 e. The second-order valence-electron chi connectivity index (χ2n) is 4.74. The first-order valence-electron chi connectivity index (χ1n) is 6.43. The molecule has 0 atom stereocenters. The molecule has 0 N–H and O–H groups in total. The first kappa shape index (κ1) is 11.7. The van der Waals surface area contributed by atoms with E-state index in [-0.39, 0.29) is 0 Å². The van der Waals surface area contributed by atoms with Crippen LogP contribution in [0.5, 0.6) is 0 Å². The molecule has 0 saturated carbocycles. The van der Waals surface area contributed by atoms with Crippen LogP contribution in [-0.2, 0) is 7.05 Å². The number of aromatic nitrogens is 1. The Labute approximate surface area is 113 Å². The van der Waals surface area contributed by atoms with E-state index in [4.69, 9.17) is 0 Å². The number of pyridine rings is 1. The summed E-state index contributed by atoms with van der Waals surface area (Å²) in [7, 11) is 2.02. The van der Waals surface area contributed by atoms with Gasteiger partial charge in [-0.1, -0.05) is 48.6 Å². The fourth-order valence-corrected chi connectivity index (χ4v) is 2.13. The number of hydrogen-bond acceptors (Lipinski definition) is 0. The van der Waals surface area contributed by atoms with E-state index >= 15 is 0 Å². The van der Waals surface area contributed by atoms with Gasteiger partial charge in [-0.25, -0.2) is 4.57 Å². The predicted octanol–water partition coefficient (Wildman–Crippen LogP) is 3.83. The number of rotatable bonds is 2. The summed E-state index contributed by atoms with van der Waals surface area (Å²) in [6, 6.07) is 19.2. The van der Waals surface area contributed by atoms with Gasteiger partial charge in [0.05, 0.1) is 0 Å². The molecule has 1 heteroatoms. The van der Waals surface area contributed by atoms with Crippen LogP contribution in [0.4, 0.5) is 0 Å². The van der Waals surface area contributed by atoms with Gasteiger partial charge in [-0.3, -0.25) is 0 Å². The maximum absolute atomic E-state index is 2.22.